The van der Waals surface area contributed by atoms with Crippen LogP contribution in [0.4, 0.5) is 5.69 Å². The van der Waals surface area contributed by atoms with Gasteiger partial charge in [-0.3, -0.25) is 9.29 Å². The summed E-state index contributed by atoms with van der Waals surface area (Å²) < 4.78 is 34.4. The molecule has 8 heteroatoms. The molecule has 0 spiro atoms. The molecule has 0 bridgehead atoms. The van der Waals surface area contributed by atoms with Crippen molar-refractivity contribution in [2.75, 3.05) is 4.72 Å². The first kappa shape index (κ1) is 16.2. The predicted molar refractivity (Wildman–Crippen MR) is 97.9 cm³/mol. The highest BCUT2D eigenvalue weighted by Crippen LogP contribution is 2.32. The average molecular weight is 370 g/mol. The number of nitrogens with one attached hydrogen (secondary N) is 1. The third kappa shape index (κ3) is 2.51. The smallest absolute Gasteiger partial charge is 0.419 e. The van der Waals surface area contributed by atoms with Gasteiger partial charge in [-0.2, -0.15) is 0 Å². The Morgan fingerprint density at radius 3 is 2.54 bits per heavy atom. The summed E-state index contributed by atoms with van der Waals surface area (Å²) in [6, 6.07) is 14.1. The molecule has 7 nitrogen and oxygen atoms in total. The Labute approximate surface area is 148 Å². The summed E-state index contributed by atoms with van der Waals surface area (Å²) in [4.78, 5) is 11.5. The van der Waals surface area contributed by atoms with Crippen molar-refractivity contribution in [2.24, 2.45) is 7.05 Å². The third-order valence-corrected chi connectivity index (χ3v) is 5.58. The molecule has 2 N–H and O–H groups in total. The average Bonchev–Trinajstić information content (AvgIpc) is 2.91. The van der Waals surface area contributed by atoms with Crippen LogP contribution in [0.5, 0.6) is 5.75 Å². The number of anilines is 1. The molecule has 0 aliphatic carbocycles. The van der Waals surface area contributed by atoms with Gasteiger partial charge in [0.25, 0.3) is 10.0 Å². The topological polar surface area (TPSA) is 102 Å². The second kappa shape index (κ2) is 5.63. The molecule has 26 heavy (non-hydrogen) atoms. The minimum absolute atomic E-state index is 0.0310. The van der Waals surface area contributed by atoms with Gasteiger partial charge in [0.1, 0.15) is 5.75 Å². The summed E-state index contributed by atoms with van der Waals surface area (Å²) in [5, 5.41) is 11.0. The maximum atomic E-state index is 12.8. The number of nitrogens with zero attached hydrogens (tertiary/aromatic N) is 1. The number of phenols is 1. The number of oxazole rings is 1. The highest BCUT2D eigenvalue weighted by Gasteiger charge is 2.18. The Kier molecular flexibility index (Phi) is 3.52. The molecule has 0 amide bonds. The summed E-state index contributed by atoms with van der Waals surface area (Å²) in [7, 11) is -2.37. The Hall–Kier alpha value is -3.26. The monoisotopic (exact) mass is 370 g/mol. The highest BCUT2D eigenvalue weighted by atomic mass is 32.2. The molecule has 4 aromatic rings. The largest absolute Gasteiger partial charge is 0.507 e. The van der Waals surface area contributed by atoms with Crippen molar-refractivity contribution in [1.82, 2.24) is 4.57 Å². The summed E-state index contributed by atoms with van der Waals surface area (Å²) in [6.07, 6.45) is 0. The number of phenolic OH excluding ortho intramolecular Hbond substituents is 1. The summed E-state index contributed by atoms with van der Waals surface area (Å²) >= 11 is 0. The molecule has 132 valence electrons. The molecular weight excluding hydrogens is 356 g/mol. The molecule has 0 unspecified atom stereocenters. The molecule has 0 saturated carbocycles. The number of rotatable bonds is 3. The molecule has 1 aromatic heterocycles. The standard InChI is InChI=1S/C18H14N2O5S/c1-20-15-8-6-11(10-17(15)25-18(20)22)26(23,24)19-14-7-9-16(21)13-5-3-2-4-12(13)14/h2-10,19,21H,1H3. The number of aromatic hydroxyl groups is 1. The number of sulfonamides is 1. The SMILES string of the molecule is Cn1c(=O)oc2cc(S(=O)(=O)Nc3ccc(O)c4ccccc34)ccc21. The Bertz CT molecular complexity index is 1320. The zero-order chi connectivity index (χ0) is 18.5. The molecule has 1 heterocycles. The Morgan fingerprint density at radius 1 is 1.04 bits per heavy atom. The number of aromatic nitrogens is 1. The molecule has 0 atom stereocenters. The van der Waals surface area contributed by atoms with E-state index in [4.69, 9.17) is 4.42 Å². The fourth-order valence-electron chi connectivity index (χ4n) is 2.86. The first-order chi connectivity index (χ1) is 12.4. The van der Waals surface area contributed by atoms with E-state index in [1.54, 1.807) is 31.3 Å². The van der Waals surface area contributed by atoms with E-state index in [1.807, 2.05) is 0 Å². The summed E-state index contributed by atoms with van der Waals surface area (Å²) in [5.41, 5.74) is 1.04. The number of aryl methyl sites for hydroxylation is 1. The van der Waals surface area contributed by atoms with Crippen molar-refractivity contribution < 1.29 is 17.9 Å². The normalized spacial score (nSPS) is 11.9. The van der Waals surface area contributed by atoms with Gasteiger partial charge in [-0.25, -0.2) is 13.2 Å². The molecule has 0 aliphatic rings. The quantitative estimate of drug-likeness (QED) is 0.540. The van der Waals surface area contributed by atoms with Crippen molar-refractivity contribution in [1.29, 1.82) is 0 Å². The minimum atomic E-state index is -3.92. The van der Waals surface area contributed by atoms with E-state index in [0.29, 0.717) is 22.0 Å². The van der Waals surface area contributed by atoms with Crippen molar-refractivity contribution in [3.63, 3.8) is 0 Å². The number of benzene rings is 3. The number of hydrogen-bond acceptors (Lipinski definition) is 5. The molecular formula is C18H14N2O5S. The zero-order valence-electron chi connectivity index (χ0n) is 13.6. The van der Waals surface area contributed by atoms with Crippen LogP contribution in [-0.2, 0) is 17.1 Å². The van der Waals surface area contributed by atoms with Gasteiger partial charge in [-0.1, -0.05) is 24.3 Å². The Morgan fingerprint density at radius 2 is 1.77 bits per heavy atom. The van der Waals surface area contributed by atoms with Gasteiger partial charge in [0.2, 0.25) is 0 Å². The van der Waals surface area contributed by atoms with Crippen LogP contribution >= 0.6 is 0 Å². The van der Waals surface area contributed by atoms with Gasteiger partial charge < -0.3 is 9.52 Å². The molecule has 0 saturated heterocycles. The van der Waals surface area contributed by atoms with E-state index in [2.05, 4.69) is 4.72 Å². The van der Waals surface area contributed by atoms with Crippen LogP contribution in [0.2, 0.25) is 0 Å². The summed E-state index contributed by atoms with van der Waals surface area (Å²) in [5.74, 6) is -0.497. The van der Waals surface area contributed by atoms with Crippen LogP contribution in [-0.4, -0.2) is 18.1 Å². The van der Waals surface area contributed by atoms with Gasteiger partial charge in [0.15, 0.2) is 5.58 Å². The van der Waals surface area contributed by atoms with Crippen molar-refractivity contribution >= 4 is 37.6 Å². The van der Waals surface area contributed by atoms with Gasteiger partial charge in [-0.05, 0) is 24.3 Å². The van der Waals surface area contributed by atoms with E-state index < -0.39 is 15.8 Å². The van der Waals surface area contributed by atoms with Crippen molar-refractivity contribution in [2.45, 2.75) is 4.90 Å². The first-order valence-electron chi connectivity index (χ1n) is 7.70. The van der Waals surface area contributed by atoms with Gasteiger partial charge in [0, 0.05) is 23.9 Å². The van der Waals surface area contributed by atoms with E-state index in [1.165, 1.54) is 34.9 Å². The van der Waals surface area contributed by atoms with Gasteiger partial charge >= 0.3 is 5.76 Å². The molecule has 3 aromatic carbocycles. The van der Waals surface area contributed by atoms with Crippen LogP contribution in [0.3, 0.4) is 0 Å². The van der Waals surface area contributed by atoms with Crippen LogP contribution in [0.25, 0.3) is 21.9 Å². The minimum Gasteiger partial charge on any atom is -0.507 e. The van der Waals surface area contributed by atoms with E-state index in [9.17, 15) is 18.3 Å². The van der Waals surface area contributed by atoms with Crippen LogP contribution < -0.4 is 10.5 Å². The lowest BCUT2D eigenvalue weighted by molar-refractivity contribution is 0.481. The van der Waals surface area contributed by atoms with Crippen molar-refractivity contribution in [3.05, 3.63) is 65.1 Å². The second-order valence-corrected chi connectivity index (χ2v) is 7.52. The third-order valence-electron chi connectivity index (χ3n) is 4.22. The zero-order valence-corrected chi connectivity index (χ0v) is 14.4. The Balaban J connectivity index is 1.81. The van der Waals surface area contributed by atoms with E-state index in [0.717, 1.165) is 0 Å². The van der Waals surface area contributed by atoms with E-state index >= 15 is 0 Å². The number of hydrogen-bond donors (Lipinski definition) is 2. The van der Waals surface area contributed by atoms with Gasteiger partial charge in [-0.15, -0.1) is 0 Å². The van der Waals surface area contributed by atoms with E-state index in [-0.39, 0.29) is 16.2 Å². The molecule has 0 radical (unpaired) electrons. The lowest BCUT2D eigenvalue weighted by atomic mass is 10.1. The molecule has 4 rings (SSSR count). The van der Waals surface area contributed by atoms with Crippen molar-refractivity contribution in [3.8, 4) is 5.75 Å². The molecule has 0 aliphatic heterocycles. The second-order valence-electron chi connectivity index (χ2n) is 5.84. The number of fused-ring (bicyclic) bond motifs is 2. The summed E-state index contributed by atoms with van der Waals surface area (Å²) in [6.45, 7) is 0. The predicted octanol–water partition coefficient (Wildman–Crippen LogP) is 2.79. The highest BCUT2D eigenvalue weighted by molar-refractivity contribution is 7.92. The molecule has 0 fully saturated rings. The van der Waals surface area contributed by atoms with Gasteiger partial charge in [0.05, 0.1) is 16.1 Å². The fraction of sp³-hybridized carbons (Fsp3) is 0.0556. The van der Waals surface area contributed by atoms with Crippen LogP contribution in [0.15, 0.2) is 68.7 Å². The maximum absolute atomic E-state index is 12.8. The first-order valence-corrected chi connectivity index (χ1v) is 9.18. The lowest BCUT2D eigenvalue weighted by Crippen LogP contribution is -2.13. The van der Waals surface area contributed by atoms with Crippen LogP contribution in [0.1, 0.15) is 0 Å². The van der Waals surface area contributed by atoms with Crippen LogP contribution in [0, 0.1) is 0 Å². The fourth-order valence-corrected chi connectivity index (χ4v) is 3.95. The lowest BCUT2D eigenvalue weighted by Gasteiger charge is -2.11. The maximum Gasteiger partial charge on any atom is 0.419 e.